The molecule has 0 fully saturated rings. The lowest BCUT2D eigenvalue weighted by atomic mass is 10.3. The summed E-state index contributed by atoms with van der Waals surface area (Å²) in [7, 11) is 0. The van der Waals surface area contributed by atoms with E-state index >= 15 is 0 Å². The van der Waals surface area contributed by atoms with Crippen molar-refractivity contribution in [1.82, 2.24) is 15.0 Å². The molecule has 0 aliphatic heterocycles. The molecule has 0 saturated heterocycles. The van der Waals surface area contributed by atoms with E-state index in [1.165, 1.54) is 0 Å². The summed E-state index contributed by atoms with van der Waals surface area (Å²) in [6.45, 7) is 3.16. The Bertz CT molecular complexity index is 713. The van der Waals surface area contributed by atoms with Gasteiger partial charge < -0.3 is 15.1 Å². The Morgan fingerprint density at radius 2 is 2.05 bits per heavy atom. The first-order valence-corrected chi connectivity index (χ1v) is 7.04. The van der Waals surface area contributed by atoms with Crippen LogP contribution >= 0.6 is 0 Å². The van der Waals surface area contributed by atoms with Crippen molar-refractivity contribution in [2.24, 2.45) is 0 Å². The second-order valence-corrected chi connectivity index (χ2v) is 4.87. The average Bonchev–Trinajstić information content (AvgIpc) is 3.05. The molecule has 3 aromatic heterocycles. The van der Waals surface area contributed by atoms with Gasteiger partial charge in [0.05, 0.1) is 12.8 Å². The molecule has 0 radical (unpaired) electrons. The molecule has 0 spiro atoms. The van der Waals surface area contributed by atoms with E-state index in [1.807, 2.05) is 43.5 Å². The van der Waals surface area contributed by atoms with Crippen LogP contribution in [0, 0.1) is 6.92 Å². The number of nitrogens with zero attached hydrogens (tertiary/aromatic N) is 3. The van der Waals surface area contributed by atoms with Gasteiger partial charge in [-0.2, -0.15) is 4.98 Å². The maximum atomic E-state index is 5.28. The molecule has 0 saturated carbocycles. The van der Waals surface area contributed by atoms with Crippen molar-refractivity contribution < 1.29 is 4.42 Å². The molecule has 3 heterocycles. The first-order chi connectivity index (χ1) is 10.8. The highest BCUT2D eigenvalue weighted by Gasteiger charge is 2.03. The van der Waals surface area contributed by atoms with Crippen LogP contribution in [0.25, 0.3) is 0 Å². The van der Waals surface area contributed by atoms with Crippen LogP contribution in [0.15, 0.2) is 53.4 Å². The van der Waals surface area contributed by atoms with E-state index in [1.54, 1.807) is 12.5 Å². The van der Waals surface area contributed by atoms with Crippen molar-refractivity contribution in [1.29, 1.82) is 0 Å². The first kappa shape index (κ1) is 14.1. The second-order valence-electron chi connectivity index (χ2n) is 4.87. The summed E-state index contributed by atoms with van der Waals surface area (Å²) >= 11 is 0. The lowest BCUT2D eigenvalue weighted by Crippen LogP contribution is -2.07. The van der Waals surface area contributed by atoms with Crippen LogP contribution in [-0.4, -0.2) is 15.0 Å². The molecule has 0 aliphatic rings. The first-order valence-electron chi connectivity index (χ1n) is 7.04. The summed E-state index contributed by atoms with van der Waals surface area (Å²) in [5, 5.41) is 6.44. The van der Waals surface area contributed by atoms with Crippen molar-refractivity contribution in [2.45, 2.75) is 20.0 Å². The highest BCUT2D eigenvalue weighted by Crippen LogP contribution is 2.12. The smallest absolute Gasteiger partial charge is 0.225 e. The number of rotatable bonds is 6. The quantitative estimate of drug-likeness (QED) is 0.728. The number of pyridine rings is 1. The van der Waals surface area contributed by atoms with Crippen molar-refractivity contribution in [3.8, 4) is 0 Å². The molecular weight excluding hydrogens is 278 g/mol. The molecule has 0 aromatic carbocycles. The zero-order chi connectivity index (χ0) is 15.2. The zero-order valence-corrected chi connectivity index (χ0v) is 12.3. The summed E-state index contributed by atoms with van der Waals surface area (Å²) in [4.78, 5) is 12.9. The molecule has 0 unspecified atom stereocenters. The molecule has 2 N–H and O–H groups in total. The van der Waals surface area contributed by atoms with Crippen molar-refractivity contribution in [2.75, 3.05) is 10.6 Å². The minimum Gasteiger partial charge on any atom is -0.467 e. The van der Waals surface area contributed by atoms with Crippen LogP contribution in [-0.2, 0) is 13.1 Å². The Balaban J connectivity index is 1.64. The van der Waals surface area contributed by atoms with Crippen LogP contribution in [0.3, 0.4) is 0 Å². The molecule has 0 aliphatic carbocycles. The van der Waals surface area contributed by atoms with Gasteiger partial charge in [0.15, 0.2) is 0 Å². The fourth-order valence-electron chi connectivity index (χ4n) is 2.01. The molecule has 6 nitrogen and oxygen atoms in total. The number of hydrogen-bond acceptors (Lipinski definition) is 6. The standard InChI is InChI=1S/C16H17N5O/c1-12-8-15(18-10-13-4-2-6-17-9-13)21-16(20-12)19-11-14-5-3-7-22-14/h2-9H,10-11H2,1H3,(H2,18,19,20,21). The molecule has 6 heteroatoms. The molecule has 112 valence electrons. The van der Waals surface area contributed by atoms with Gasteiger partial charge in [-0.05, 0) is 30.7 Å². The summed E-state index contributed by atoms with van der Waals surface area (Å²) < 4.78 is 5.28. The number of aryl methyl sites for hydroxylation is 1. The van der Waals surface area contributed by atoms with Crippen LogP contribution in [0.2, 0.25) is 0 Å². The van der Waals surface area contributed by atoms with E-state index in [4.69, 9.17) is 4.42 Å². The van der Waals surface area contributed by atoms with E-state index in [0.717, 1.165) is 22.8 Å². The van der Waals surface area contributed by atoms with E-state index < -0.39 is 0 Å². The lowest BCUT2D eigenvalue weighted by Gasteiger charge is -2.09. The van der Waals surface area contributed by atoms with Crippen molar-refractivity contribution >= 4 is 11.8 Å². The Labute approximate surface area is 128 Å². The van der Waals surface area contributed by atoms with E-state index in [0.29, 0.717) is 19.0 Å². The highest BCUT2D eigenvalue weighted by molar-refractivity contribution is 5.42. The van der Waals surface area contributed by atoms with Gasteiger partial charge in [0, 0.05) is 30.7 Å². The van der Waals surface area contributed by atoms with Crippen LogP contribution < -0.4 is 10.6 Å². The normalized spacial score (nSPS) is 10.4. The SMILES string of the molecule is Cc1cc(NCc2cccnc2)nc(NCc2ccco2)n1. The Kier molecular flexibility index (Phi) is 4.29. The van der Waals surface area contributed by atoms with Crippen molar-refractivity contribution in [3.05, 3.63) is 66.0 Å². The maximum Gasteiger partial charge on any atom is 0.225 e. The van der Waals surface area contributed by atoms with Gasteiger partial charge in [-0.25, -0.2) is 4.98 Å². The molecule has 3 rings (SSSR count). The molecule has 3 aromatic rings. The van der Waals surface area contributed by atoms with Gasteiger partial charge in [-0.1, -0.05) is 6.07 Å². The van der Waals surface area contributed by atoms with E-state index in [9.17, 15) is 0 Å². The molecule has 22 heavy (non-hydrogen) atoms. The third-order valence-electron chi connectivity index (χ3n) is 3.05. The second kappa shape index (κ2) is 6.71. The number of aromatic nitrogens is 3. The molecular formula is C16H17N5O. The van der Waals surface area contributed by atoms with Gasteiger partial charge in [-0.3, -0.25) is 4.98 Å². The topological polar surface area (TPSA) is 75.9 Å². The van der Waals surface area contributed by atoms with Crippen molar-refractivity contribution in [3.63, 3.8) is 0 Å². The Morgan fingerprint density at radius 3 is 2.82 bits per heavy atom. The summed E-state index contributed by atoms with van der Waals surface area (Å²) in [5.74, 6) is 2.19. The number of anilines is 2. The summed E-state index contributed by atoms with van der Waals surface area (Å²) in [6, 6.07) is 9.61. The van der Waals surface area contributed by atoms with Gasteiger partial charge in [0.25, 0.3) is 0 Å². The zero-order valence-electron chi connectivity index (χ0n) is 12.3. The minimum atomic E-state index is 0.554. The predicted octanol–water partition coefficient (Wildman–Crippen LogP) is 3.00. The Morgan fingerprint density at radius 1 is 1.09 bits per heavy atom. The Hall–Kier alpha value is -2.89. The van der Waals surface area contributed by atoms with Crippen LogP contribution in [0.1, 0.15) is 17.0 Å². The predicted molar refractivity (Wildman–Crippen MR) is 84.4 cm³/mol. The highest BCUT2D eigenvalue weighted by atomic mass is 16.3. The third kappa shape index (κ3) is 3.82. The van der Waals surface area contributed by atoms with Gasteiger partial charge in [-0.15, -0.1) is 0 Å². The number of hydrogen-bond donors (Lipinski definition) is 2. The maximum absolute atomic E-state index is 5.28. The molecule has 0 amide bonds. The van der Waals surface area contributed by atoms with Gasteiger partial charge in [0.1, 0.15) is 11.6 Å². The largest absolute Gasteiger partial charge is 0.467 e. The third-order valence-corrected chi connectivity index (χ3v) is 3.05. The molecule has 0 bridgehead atoms. The lowest BCUT2D eigenvalue weighted by molar-refractivity contribution is 0.517. The van der Waals surface area contributed by atoms with Crippen LogP contribution in [0.5, 0.6) is 0 Å². The summed E-state index contributed by atoms with van der Waals surface area (Å²) in [5.41, 5.74) is 1.99. The average molecular weight is 295 g/mol. The number of nitrogens with one attached hydrogen (secondary N) is 2. The van der Waals surface area contributed by atoms with E-state index in [2.05, 4.69) is 25.6 Å². The van der Waals surface area contributed by atoms with Gasteiger partial charge in [0.2, 0.25) is 5.95 Å². The van der Waals surface area contributed by atoms with Gasteiger partial charge >= 0.3 is 0 Å². The number of furan rings is 1. The fraction of sp³-hybridized carbons (Fsp3) is 0.188. The minimum absolute atomic E-state index is 0.554. The molecule has 0 atom stereocenters. The monoisotopic (exact) mass is 295 g/mol. The van der Waals surface area contributed by atoms with E-state index in [-0.39, 0.29) is 0 Å². The summed E-state index contributed by atoms with van der Waals surface area (Å²) in [6.07, 6.45) is 5.24. The van der Waals surface area contributed by atoms with Crippen LogP contribution in [0.4, 0.5) is 11.8 Å². The fourth-order valence-corrected chi connectivity index (χ4v) is 2.01.